The van der Waals surface area contributed by atoms with Crippen molar-refractivity contribution in [2.24, 2.45) is 0 Å². The lowest BCUT2D eigenvalue weighted by Gasteiger charge is -2.19. The number of carbonyl (C=O) groups is 1. The Morgan fingerprint density at radius 1 is 1.07 bits per heavy atom. The summed E-state index contributed by atoms with van der Waals surface area (Å²) in [6, 6.07) is 15.0. The van der Waals surface area contributed by atoms with E-state index in [2.05, 4.69) is 23.5 Å². The van der Waals surface area contributed by atoms with Gasteiger partial charge in [-0.1, -0.05) is 30.3 Å². The van der Waals surface area contributed by atoms with Crippen molar-refractivity contribution in [3.05, 3.63) is 70.8 Å². The molecule has 1 amide bonds. The van der Waals surface area contributed by atoms with Gasteiger partial charge >= 0.3 is 0 Å². The Balaban J connectivity index is 1.56. The molecule has 1 aliphatic rings. The van der Waals surface area contributed by atoms with Crippen LogP contribution in [0, 0.1) is 6.92 Å². The molecule has 0 saturated heterocycles. The molecule has 3 N–H and O–H groups in total. The summed E-state index contributed by atoms with van der Waals surface area (Å²) in [4.78, 5) is 13.0. The Bertz CT molecular complexity index is 1260. The van der Waals surface area contributed by atoms with E-state index in [1.54, 1.807) is 19.1 Å². The first kappa shape index (κ1) is 20.4. The van der Waals surface area contributed by atoms with Gasteiger partial charge in [0, 0.05) is 17.5 Å². The van der Waals surface area contributed by atoms with E-state index in [0.29, 0.717) is 28.3 Å². The number of rotatable bonds is 5. The van der Waals surface area contributed by atoms with E-state index in [0.717, 1.165) is 17.0 Å². The van der Waals surface area contributed by atoms with Crippen molar-refractivity contribution in [2.75, 3.05) is 12.0 Å². The smallest absolute Gasteiger partial charge is 0.251 e. The van der Waals surface area contributed by atoms with Gasteiger partial charge in [-0.05, 0) is 78.3 Å². The van der Waals surface area contributed by atoms with Crippen LogP contribution in [0.2, 0.25) is 0 Å². The molecule has 0 aromatic heterocycles. The second kappa shape index (κ2) is 7.43. The first-order chi connectivity index (χ1) is 14.1. The molecule has 30 heavy (non-hydrogen) atoms. The summed E-state index contributed by atoms with van der Waals surface area (Å²) in [6.45, 7) is 3.52. The van der Waals surface area contributed by atoms with Gasteiger partial charge in [-0.2, -0.15) is 0 Å². The molecule has 0 radical (unpaired) electrons. The predicted octanol–water partition coefficient (Wildman–Crippen LogP) is 4.50. The minimum absolute atomic E-state index is 0.195. The van der Waals surface area contributed by atoms with Gasteiger partial charge in [0.25, 0.3) is 5.91 Å². The third-order valence-electron chi connectivity index (χ3n) is 5.89. The average molecular weight is 423 g/mol. The molecule has 5 nitrogen and oxygen atoms in total. The van der Waals surface area contributed by atoms with Crippen LogP contribution in [0.5, 0.6) is 0 Å². The maximum absolute atomic E-state index is 12.8. The third-order valence-corrected chi connectivity index (χ3v) is 7.13. The summed E-state index contributed by atoms with van der Waals surface area (Å²) in [7, 11) is -3.36. The Morgan fingerprint density at radius 3 is 2.40 bits per heavy atom. The largest absolute Gasteiger partial charge is 0.398 e. The standard InChI is InChI=1S/C24H26N2O3S/c1-14-22(30(3,28)29)11-10-21(23(14)25)15(2)26-24(27)20-9-8-18-12-17(16-4-5-16)6-7-19(18)13-20/h6-13,15-16H,4-5,25H2,1-3H3,(H,26,27)/t15-/m1/s1. The number of sulfone groups is 1. The number of nitrogen functional groups attached to an aromatic ring is 1. The molecule has 0 bridgehead atoms. The number of hydrogen-bond donors (Lipinski definition) is 2. The molecule has 0 heterocycles. The summed E-state index contributed by atoms with van der Waals surface area (Å²) in [5, 5.41) is 5.15. The van der Waals surface area contributed by atoms with Crippen LogP contribution in [0.25, 0.3) is 10.8 Å². The molecule has 6 heteroatoms. The van der Waals surface area contributed by atoms with E-state index >= 15 is 0 Å². The molecule has 0 unspecified atom stereocenters. The quantitative estimate of drug-likeness (QED) is 0.592. The molecular weight excluding hydrogens is 396 g/mol. The van der Waals surface area contributed by atoms with Crippen molar-refractivity contribution in [3.63, 3.8) is 0 Å². The number of hydrogen-bond acceptors (Lipinski definition) is 4. The highest BCUT2D eigenvalue weighted by Crippen LogP contribution is 2.41. The van der Waals surface area contributed by atoms with Gasteiger partial charge in [-0.3, -0.25) is 4.79 Å². The highest BCUT2D eigenvalue weighted by atomic mass is 32.2. The molecule has 1 fully saturated rings. The van der Waals surface area contributed by atoms with Crippen LogP contribution in [-0.4, -0.2) is 20.6 Å². The fraction of sp³-hybridized carbons (Fsp3) is 0.292. The van der Waals surface area contributed by atoms with E-state index in [1.165, 1.54) is 18.4 Å². The molecule has 1 aliphatic carbocycles. The molecule has 0 spiro atoms. The maximum Gasteiger partial charge on any atom is 0.251 e. The molecule has 3 aromatic rings. The van der Waals surface area contributed by atoms with Crippen molar-refractivity contribution >= 4 is 32.2 Å². The highest BCUT2D eigenvalue weighted by molar-refractivity contribution is 7.90. The van der Waals surface area contributed by atoms with Crippen LogP contribution >= 0.6 is 0 Å². The van der Waals surface area contributed by atoms with Crippen molar-refractivity contribution in [1.29, 1.82) is 0 Å². The average Bonchev–Trinajstić information content (AvgIpc) is 3.53. The minimum atomic E-state index is -3.36. The van der Waals surface area contributed by atoms with Gasteiger partial charge in [0.1, 0.15) is 0 Å². The van der Waals surface area contributed by atoms with E-state index in [9.17, 15) is 13.2 Å². The summed E-state index contributed by atoms with van der Waals surface area (Å²) in [5.41, 5.74) is 9.74. The zero-order valence-electron chi connectivity index (χ0n) is 17.4. The lowest BCUT2D eigenvalue weighted by atomic mass is 10.0. The third kappa shape index (κ3) is 3.92. The normalized spacial score (nSPS) is 15.2. The van der Waals surface area contributed by atoms with Crippen molar-refractivity contribution in [2.45, 2.75) is 43.5 Å². The van der Waals surface area contributed by atoms with E-state index in [4.69, 9.17) is 5.73 Å². The van der Waals surface area contributed by atoms with Gasteiger partial charge in [0.15, 0.2) is 9.84 Å². The molecule has 156 valence electrons. The van der Waals surface area contributed by atoms with E-state index in [-0.39, 0.29) is 16.8 Å². The van der Waals surface area contributed by atoms with Crippen LogP contribution in [0.3, 0.4) is 0 Å². The Morgan fingerprint density at radius 2 is 1.73 bits per heavy atom. The number of nitrogens with two attached hydrogens (primary N) is 1. The maximum atomic E-state index is 12.8. The lowest BCUT2D eigenvalue weighted by Crippen LogP contribution is -2.27. The first-order valence-corrected chi connectivity index (χ1v) is 12.0. The molecule has 3 aromatic carbocycles. The number of anilines is 1. The minimum Gasteiger partial charge on any atom is -0.398 e. The summed E-state index contributed by atoms with van der Waals surface area (Å²) >= 11 is 0. The Labute approximate surface area is 177 Å². The fourth-order valence-electron chi connectivity index (χ4n) is 3.94. The fourth-order valence-corrected chi connectivity index (χ4v) is 4.92. The summed E-state index contributed by atoms with van der Waals surface area (Å²) in [6.07, 6.45) is 3.68. The molecule has 1 saturated carbocycles. The first-order valence-electron chi connectivity index (χ1n) is 10.1. The molecular formula is C24H26N2O3S. The predicted molar refractivity (Wildman–Crippen MR) is 121 cm³/mol. The number of fused-ring (bicyclic) bond motifs is 1. The van der Waals surface area contributed by atoms with E-state index in [1.807, 2.05) is 25.1 Å². The lowest BCUT2D eigenvalue weighted by molar-refractivity contribution is 0.0940. The Kier molecular flexibility index (Phi) is 5.06. The zero-order valence-corrected chi connectivity index (χ0v) is 18.2. The van der Waals surface area contributed by atoms with Crippen molar-refractivity contribution < 1.29 is 13.2 Å². The number of benzene rings is 3. The second-order valence-electron chi connectivity index (χ2n) is 8.25. The van der Waals surface area contributed by atoms with Gasteiger partial charge < -0.3 is 11.1 Å². The zero-order chi connectivity index (χ0) is 21.6. The molecule has 1 atom stereocenters. The monoisotopic (exact) mass is 422 g/mol. The molecule has 4 rings (SSSR count). The second-order valence-corrected chi connectivity index (χ2v) is 10.2. The van der Waals surface area contributed by atoms with Crippen molar-refractivity contribution in [1.82, 2.24) is 5.32 Å². The van der Waals surface area contributed by atoms with Crippen LogP contribution < -0.4 is 11.1 Å². The topological polar surface area (TPSA) is 89.3 Å². The van der Waals surface area contributed by atoms with Crippen LogP contribution in [0.1, 0.15) is 58.8 Å². The van der Waals surface area contributed by atoms with Crippen LogP contribution in [-0.2, 0) is 9.84 Å². The van der Waals surface area contributed by atoms with Crippen molar-refractivity contribution in [3.8, 4) is 0 Å². The number of carbonyl (C=O) groups excluding carboxylic acids is 1. The molecule has 0 aliphatic heterocycles. The van der Waals surface area contributed by atoms with Crippen LogP contribution in [0.15, 0.2) is 53.4 Å². The summed E-state index contributed by atoms with van der Waals surface area (Å²) < 4.78 is 23.8. The summed E-state index contributed by atoms with van der Waals surface area (Å²) in [5.74, 6) is 0.501. The number of amides is 1. The van der Waals surface area contributed by atoms with Gasteiger partial charge in [0.05, 0.1) is 10.9 Å². The number of nitrogens with one attached hydrogen (secondary N) is 1. The van der Waals surface area contributed by atoms with E-state index < -0.39 is 9.84 Å². The van der Waals surface area contributed by atoms with Gasteiger partial charge in [-0.25, -0.2) is 8.42 Å². The van der Waals surface area contributed by atoms with Gasteiger partial charge in [-0.15, -0.1) is 0 Å². The SMILES string of the molecule is Cc1c(S(C)(=O)=O)ccc([C@@H](C)NC(=O)c2ccc3cc(C4CC4)ccc3c2)c1N. The van der Waals surface area contributed by atoms with Gasteiger partial charge in [0.2, 0.25) is 0 Å². The van der Waals surface area contributed by atoms with Crippen LogP contribution in [0.4, 0.5) is 5.69 Å². The Hall–Kier alpha value is -2.86. The highest BCUT2D eigenvalue weighted by Gasteiger charge is 2.23.